The SMILES string of the molecule is Cc1ccc(C)c(CCCC(=O)N2CC([C@@H]3C[C@H]3C(=O)O)C2)c1. The van der Waals surface area contributed by atoms with Crippen molar-refractivity contribution in [3.8, 4) is 0 Å². The third-order valence-electron chi connectivity index (χ3n) is 5.37. The van der Waals surface area contributed by atoms with Gasteiger partial charge in [-0.25, -0.2) is 0 Å². The molecule has 2 atom stereocenters. The molecule has 1 aliphatic carbocycles. The number of carbonyl (C=O) groups is 2. The molecule has 23 heavy (non-hydrogen) atoms. The molecule has 1 aromatic rings. The molecule has 1 saturated heterocycles. The van der Waals surface area contributed by atoms with Crippen LogP contribution in [0.4, 0.5) is 0 Å². The van der Waals surface area contributed by atoms with Gasteiger partial charge in [0.15, 0.2) is 0 Å². The second-order valence-electron chi connectivity index (χ2n) is 7.19. The summed E-state index contributed by atoms with van der Waals surface area (Å²) in [6.07, 6.45) is 3.22. The first kappa shape index (κ1) is 16.0. The Morgan fingerprint density at radius 2 is 2.00 bits per heavy atom. The molecule has 1 amide bonds. The quantitative estimate of drug-likeness (QED) is 0.878. The van der Waals surface area contributed by atoms with E-state index >= 15 is 0 Å². The summed E-state index contributed by atoms with van der Waals surface area (Å²) in [6.45, 7) is 5.73. The molecule has 1 aromatic carbocycles. The number of benzene rings is 1. The predicted molar refractivity (Wildman–Crippen MR) is 88.2 cm³/mol. The van der Waals surface area contributed by atoms with Crippen LogP contribution in [0.25, 0.3) is 0 Å². The van der Waals surface area contributed by atoms with E-state index in [0.717, 1.165) is 32.4 Å². The standard InChI is InChI=1S/C19H25NO3/c1-12-6-7-13(2)14(8-12)4-3-5-18(21)20-10-15(11-20)16-9-17(16)19(22)23/h6-8,15-17H,3-5,9-11H2,1-2H3,(H,22,23)/t16-,17+/m0/s1. The van der Waals surface area contributed by atoms with E-state index in [1.807, 2.05) is 4.90 Å². The van der Waals surface area contributed by atoms with Crippen molar-refractivity contribution in [3.05, 3.63) is 34.9 Å². The Bertz CT molecular complexity index is 619. The van der Waals surface area contributed by atoms with Crippen molar-refractivity contribution in [2.24, 2.45) is 17.8 Å². The summed E-state index contributed by atoms with van der Waals surface area (Å²) in [7, 11) is 0. The van der Waals surface area contributed by atoms with Crippen LogP contribution >= 0.6 is 0 Å². The van der Waals surface area contributed by atoms with Crippen molar-refractivity contribution < 1.29 is 14.7 Å². The van der Waals surface area contributed by atoms with Crippen molar-refractivity contribution in [3.63, 3.8) is 0 Å². The molecule has 2 fully saturated rings. The lowest BCUT2D eigenvalue weighted by molar-refractivity contribution is -0.140. The molecule has 124 valence electrons. The van der Waals surface area contributed by atoms with Gasteiger partial charge in [0.05, 0.1) is 5.92 Å². The second kappa shape index (κ2) is 6.34. The van der Waals surface area contributed by atoms with Crippen LogP contribution in [0.2, 0.25) is 0 Å². The van der Waals surface area contributed by atoms with Gasteiger partial charge >= 0.3 is 5.97 Å². The Balaban J connectivity index is 1.38. The van der Waals surface area contributed by atoms with E-state index in [9.17, 15) is 9.59 Å². The number of carboxylic acids is 1. The highest BCUT2D eigenvalue weighted by Gasteiger charge is 2.51. The second-order valence-corrected chi connectivity index (χ2v) is 7.19. The molecule has 0 bridgehead atoms. The number of aryl methyl sites for hydroxylation is 3. The molecular weight excluding hydrogens is 290 g/mol. The minimum atomic E-state index is -0.673. The summed E-state index contributed by atoms with van der Waals surface area (Å²) in [5.41, 5.74) is 3.89. The fourth-order valence-electron chi connectivity index (χ4n) is 3.66. The third kappa shape index (κ3) is 3.57. The molecule has 0 aromatic heterocycles. The van der Waals surface area contributed by atoms with Crippen LogP contribution < -0.4 is 0 Å². The smallest absolute Gasteiger partial charge is 0.306 e. The van der Waals surface area contributed by atoms with E-state index in [0.29, 0.717) is 18.3 Å². The zero-order valence-electron chi connectivity index (χ0n) is 13.9. The van der Waals surface area contributed by atoms with Gasteiger partial charge in [-0.3, -0.25) is 9.59 Å². The molecule has 4 nitrogen and oxygen atoms in total. The lowest BCUT2D eigenvalue weighted by atomic mass is 9.92. The van der Waals surface area contributed by atoms with Crippen LogP contribution in [0.3, 0.4) is 0 Å². The van der Waals surface area contributed by atoms with Crippen LogP contribution in [0, 0.1) is 31.6 Å². The highest BCUT2D eigenvalue weighted by molar-refractivity contribution is 5.77. The normalized spacial score (nSPS) is 23.5. The van der Waals surface area contributed by atoms with Crippen molar-refractivity contribution in [1.29, 1.82) is 0 Å². The molecule has 1 aliphatic heterocycles. The van der Waals surface area contributed by atoms with Crippen LogP contribution in [0.5, 0.6) is 0 Å². The summed E-state index contributed by atoms with van der Waals surface area (Å²) in [6, 6.07) is 6.46. The Hall–Kier alpha value is -1.84. The van der Waals surface area contributed by atoms with Crippen molar-refractivity contribution >= 4 is 11.9 Å². The van der Waals surface area contributed by atoms with E-state index in [-0.39, 0.29) is 11.8 Å². The van der Waals surface area contributed by atoms with Crippen LogP contribution in [0.1, 0.15) is 36.0 Å². The van der Waals surface area contributed by atoms with Crippen LogP contribution in [0.15, 0.2) is 18.2 Å². The van der Waals surface area contributed by atoms with E-state index in [4.69, 9.17) is 5.11 Å². The van der Waals surface area contributed by atoms with E-state index in [1.54, 1.807) is 0 Å². The van der Waals surface area contributed by atoms with Gasteiger partial charge in [-0.1, -0.05) is 23.8 Å². The lowest BCUT2D eigenvalue weighted by Crippen LogP contribution is -2.51. The predicted octanol–water partition coefficient (Wildman–Crippen LogP) is 2.81. The number of rotatable bonds is 6. The first-order valence-electron chi connectivity index (χ1n) is 8.52. The van der Waals surface area contributed by atoms with Gasteiger partial charge in [0, 0.05) is 19.5 Å². The fraction of sp³-hybridized carbons (Fsp3) is 0.579. The minimum absolute atomic E-state index is 0.151. The molecule has 1 saturated carbocycles. The zero-order chi connectivity index (χ0) is 16.6. The highest BCUT2D eigenvalue weighted by Crippen LogP contribution is 2.47. The minimum Gasteiger partial charge on any atom is -0.481 e. The number of carboxylic acid groups (broad SMARTS) is 1. The number of aliphatic carboxylic acids is 1. The highest BCUT2D eigenvalue weighted by atomic mass is 16.4. The first-order valence-corrected chi connectivity index (χ1v) is 8.52. The Morgan fingerprint density at radius 1 is 1.26 bits per heavy atom. The number of likely N-dealkylation sites (tertiary alicyclic amines) is 1. The average molecular weight is 315 g/mol. The number of nitrogens with zero attached hydrogens (tertiary/aromatic N) is 1. The molecule has 4 heteroatoms. The fourth-order valence-corrected chi connectivity index (χ4v) is 3.66. The molecule has 0 radical (unpaired) electrons. The summed E-state index contributed by atoms with van der Waals surface area (Å²) < 4.78 is 0. The molecule has 3 rings (SSSR count). The van der Waals surface area contributed by atoms with E-state index < -0.39 is 5.97 Å². The number of hydrogen-bond donors (Lipinski definition) is 1. The summed E-state index contributed by atoms with van der Waals surface area (Å²) in [5, 5.41) is 8.95. The molecule has 0 spiro atoms. The maximum absolute atomic E-state index is 12.2. The van der Waals surface area contributed by atoms with Crippen molar-refractivity contribution in [1.82, 2.24) is 4.90 Å². The largest absolute Gasteiger partial charge is 0.481 e. The molecule has 1 N–H and O–H groups in total. The number of carbonyl (C=O) groups excluding carboxylic acids is 1. The van der Waals surface area contributed by atoms with E-state index in [2.05, 4.69) is 32.0 Å². The summed E-state index contributed by atoms with van der Waals surface area (Å²) in [5.74, 6) is 0.125. The lowest BCUT2D eigenvalue weighted by Gasteiger charge is -2.40. The van der Waals surface area contributed by atoms with Gasteiger partial charge in [-0.05, 0) is 56.1 Å². The Morgan fingerprint density at radius 3 is 2.65 bits per heavy atom. The molecule has 2 aliphatic rings. The summed E-state index contributed by atoms with van der Waals surface area (Å²) in [4.78, 5) is 25.0. The van der Waals surface area contributed by atoms with Crippen LogP contribution in [-0.4, -0.2) is 35.0 Å². The molecular formula is C19H25NO3. The zero-order valence-corrected chi connectivity index (χ0v) is 13.9. The van der Waals surface area contributed by atoms with Gasteiger partial charge < -0.3 is 10.0 Å². The summed E-state index contributed by atoms with van der Waals surface area (Å²) >= 11 is 0. The molecule has 0 unspecified atom stereocenters. The van der Waals surface area contributed by atoms with Gasteiger partial charge in [-0.15, -0.1) is 0 Å². The van der Waals surface area contributed by atoms with Crippen molar-refractivity contribution in [2.75, 3.05) is 13.1 Å². The van der Waals surface area contributed by atoms with Gasteiger partial charge in [0.2, 0.25) is 5.91 Å². The van der Waals surface area contributed by atoms with E-state index in [1.165, 1.54) is 16.7 Å². The van der Waals surface area contributed by atoms with Gasteiger partial charge in [0.1, 0.15) is 0 Å². The van der Waals surface area contributed by atoms with Gasteiger partial charge in [-0.2, -0.15) is 0 Å². The third-order valence-corrected chi connectivity index (χ3v) is 5.37. The van der Waals surface area contributed by atoms with Crippen molar-refractivity contribution in [2.45, 2.75) is 39.5 Å². The molecule has 1 heterocycles. The average Bonchev–Trinajstić information content (AvgIpc) is 3.21. The topological polar surface area (TPSA) is 57.6 Å². The maximum atomic E-state index is 12.2. The van der Waals surface area contributed by atoms with Crippen LogP contribution in [-0.2, 0) is 16.0 Å². The Labute approximate surface area is 137 Å². The monoisotopic (exact) mass is 315 g/mol. The Kier molecular flexibility index (Phi) is 4.42. The first-order chi connectivity index (χ1) is 11.0. The maximum Gasteiger partial charge on any atom is 0.306 e. The number of amides is 1. The van der Waals surface area contributed by atoms with Gasteiger partial charge in [0.25, 0.3) is 0 Å². The number of hydrogen-bond acceptors (Lipinski definition) is 2.